The molecule has 2 atom stereocenters. The molecule has 0 spiro atoms. The third-order valence-corrected chi connectivity index (χ3v) is 4.65. The van der Waals surface area contributed by atoms with Crippen molar-refractivity contribution in [3.8, 4) is 0 Å². The zero-order chi connectivity index (χ0) is 16.3. The van der Waals surface area contributed by atoms with E-state index in [1.807, 2.05) is 0 Å². The van der Waals surface area contributed by atoms with Crippen LogP contribution in [-0.4, -0.2) is 11.2 Å². The molecule has 0 amide bonds. The molecule has 0 radical (unpaired) electrons. The molecule has 0 saturated heterocycles. The lowest BCUT2D eigenvalue weighted by Gasteiger charge is -2.25. The van der Waals surface area contributed by atoms with Crippen molar-refractivity contribution in [1.82, 2.24) is 0 Å². The molecule has 1 heteroatoms. The van der Waals surface area contributed by atoms with Crippen LogP contribution in [0.5, 0.6) is 0 Å². The van der Waals surface area contributed by atoms with E-state index in [4.69, 9.17) is 0 Å². The van der Waals surface area contributed by atoms with Crippen molar-refractivity contribution in [2.45, 2.75) is 98.5 Å². The molecule has 126 valence electrons. The van der Waals surface area contributed by atoms with Gasteiger partial charge >= 0.3 is 0 Å². The molecule has 0 aromatic rings. The number of rotatable bonds is 13. The van der Waals surface area contributed by atoms with Crippen LogP contribution in [0.15, 0.2) is 12.7 Å². The SMILES string of the molecule is C=CC(O)CCCC(C)(C)CCCC(C)CCCC(C)C. The smallest absolute Gasteiger partial charge is 0.0718 e. The fraction of sp³-hybridized carbons (Fsp3) is 0.900. The predicted molar refractivity (Wildman–Crippen MR) is 95.5 cm³/mol. The maximum atomic E-state index is 9.51. The highest BCUT2D eigenvalue weighted by Gasteiger charge is 2.18. The van der Waals surface area contributed by atoms with Crippen molar-refractivity contribution < 1.29 is 5.11 Å². The van der Waals surface area contributed by atoms with Gasteiger partial charge in [0.15, 0.2) is 0 Å². The van der Waals surface area contributed by atoms with Crippen LogP contribution in [0.25, 0.3) is 0 Å². The zero-order valence-corrected chi connectivity index (χ0v) is 15.3. The second-order valence-electron chi connectivity index (χ2n) is 8.18. The van der Waals surface area contributed by atoms with E-state index < -0.39 is 0 Å². The minimum absolute atomic E-state index is 0.318. The third-order valence-electron chi connectivity index (χ3n) is 4.65. The quantitative estimate of drug-likeness (QED) is 0.392. The first-order chi connectivity index (χ1) is 9.76. The van der Waals surface area contributed by atoms with Gasteiger partial charge in [0.1, 0.15) is 0 Å². The summed E-state index contributed by atoms with van der Waals surface area (Å²) in [6.07, 6.45) is 12.7. The Morgan fingerprint density at radius 1 is 0.905 bits per heavy atom. The second kappa shape index (κ2) is 11.3. The van der Waals surface area contributed by atoms with E-state index in [2.05, 4.69) is 41.2 Å². The van der Waals surface area contributed by atoms with E-state index in [9.17, 15) is 5.11 Å². The summed E-state index contributed by atoms with van der Waals surface area (Å²) in [6.45, 7) is 15.4. The molecular formula is C20H40O. The van der Waals surface area contributed by atoms with Crippen LogP contribution >= 0.6 is 0 Å². The average Bonchev–Trinajstić information content (AvgIpc) is 2.37. The van der Waals surface area contributed by atoms with Crippen molar-refractivity contribution in [2.24, 2.45) is 17.3 Å². The minimum atomic E-state index is -0.318. The van der Waals surface area contributed by atoms with E-state index in [0.29, 0.717) is 5.41 Å². The van der Waals surface area contributed by atoms with Crippen LogP contribution in [0.2, 0.25) is 0 Å². The second-order valence-corrected chi connectivity index (χ2v) is 8.18. The lowest BCUT2D eigenvalue weighted by Crippen LogP contribution is -2.13. The molecule has 0 aromatic carbocycles. The number of hydrogen-bond donors (Lipinski definition) is 1. The summed E-state index contributed by atoms with van der Waals surface area (Å²) in [5, 5.41) is 9.51. The summed E-state index contributed by atoms with van der Waals surface area (Å²) in [5.74, 6) is 1.73. The summed E-state index contributed by atoms with van der Waals surface area (Å²) in [7, 11) is 0. The van der Waals surface area contributed by atoms with E-state index in [1.165, 1.54) is 44.9 Å². The Morgan fingerprint density at radius 2 is 1.43 bits per heavy atom. The highest BCUT2D eigenvalue weighted by atomic mass is 16.3. The Balaban J connectivity index is 3.70. The van der Waals surface area contributed by atoms with Gasteiger partial charge in [0.2, 0.25) is 0 Å². The normalized spacial score (nSPS) is 15.2. The van der Waals surface area contributed by atoms with Gasteiger partial charge < -0.3 is 5.11 Å². The van der Waals surface area contributed by atoms with Gasteiger partial charge in [-0.3, -0.25) is 0 Å². The molecule has 0 aliphatic heterocycles. The summed E-state index contributed by atoms with van der Waals surface area (Å²) < 4.78 is 0. The lowest BCUT2D eigenvalue weighted by molar-refractivity contribution is 0.194. The number of hydrogen-bond acceptors (Lipinski definition) is 1. The predicted octanol–water partition coefficient (Wildman–Crippen LogP) is 6.36. The number of aliphatic hydroxyl groups excluding tert-OH is 1. The first-order valence-electron chi connectivity index (χ1n) is 9.07. The van der Waals surface area contributed by atoms with Crippen molar-refractivity contribution in [1.29, 1.82) is 0 Å². The largest absolute Gasteiger partial charge is 0.389 e. The van der Waals surface area contributed by atoms with Crippen LogP contribution in [0.1, 0.15) is 92.4 Å². The molecular weight excluding hydrogens is 256 g/mol. The Hall–Kier alpha value is -0.300. The van der Waals surface area contributed by atoms with Crippen LogP contribution in [0.3, 0.4) is 0 Å². The highest BCUT2D eigenvalue weighted by molar-refractivity contribution is 4.79. The van der Waals surface area contributed by atoms with Gasteiger partial charge in [-0.1, -0.05) is 79.2 Å². The Morgan fingerprint density at radius 3 is 1.95 bits per heavy atom. The van der Waals surface area contributed by atoms with Gasteiger partial charge in [0, 0.05) is 0 Å². The van der Waals surface area contributed by atoms with Gasteiger partial charge in [-0.25, -0.2) is 0 Å². The van der Waals surface area contributed by atoms with E-state index in [0.717, 1.165) is 24.7 Å². The van der Waals surface area contributed by atoms with Gasteiger partial charge in [0.25, 0.3) is 0 Å². The average molecular weight is 297 g/mol. The van der Waals surface area contributed by atoms with E-state index >= 15 is 0 Å². The maximum absolute atomic E-state index is 9.51. The Kier molecular flexibility index (Phi) is 11.1. The standard InChI is InChI=1S/C20H40O/c1-7-19(21)14-10-16-20(5,6)15-9-13-18(4)12-8-11-17(2)3/h7,17-19,21H,1,8-16H2,2-6H3. The zero-order valence-electron chi connectivity index (χ0n) is 15.3. The van der Waals surface area contributed by atoms with Crippen molar-refractivity contribution >= 4 is 0 Å². The lowest BCUT2D eigenvalue weighted by atomic mass is 9.81. The maximum Gasteiger partial charge on any atom is 0.0718 e. The molecule has 0 rings (SSSR count). The summed E-state index contributed by atoms with van der Waals surface area (Å²) in [6, 6.07) is 0. The van der Waals surface area contributed by atoms with Crippen molar-refractivity contribution in [3.63, 3.8) is 0 Å². The molecule has 1 nitrogen and oxygen atoms in total. The summed E-state index contributed by atoms with van der Waals surface area (Å²) >= 11 is 0. The van der Waals surface area contributed by atoms with Crippen LogP contribution in [0.4, 0.5) is 0 Å². The first kappa shape index (κ1) is 20.7. The summed E-state index contributed by atoms with van der Waals surface area (Å²) in [5.41, 5.74) is 0.415. The van der Waals surface area contributed by atoms with Gasteiger partial charge in [-0.2, -0.15) is 0 Å². The molecule has 0 heterocycles. The topological polar surface area (TPSA) is 20.2 Å². The monoisotopic (exact) mass is 296 g/mol. The van der Waals surface area contributed by atoms with Crippen molar-refractivity contribution in [3.05, 3.63) is 12.7 Å². The molecule has 2 unspecified atom stereocenters. The fourth-order valence-electron chi connectivity index (χ4n) is 2.98. The molecule has 0 bridgehead atoms. The van der Waals surface area contributed by atoms with Crippen LogP contribution in [0, 0.1) is 17.3 Å². The van der Waals surface area contributed by atoms with Gasteiger partial charge in [-0.15, -0.1) is 6.58 Å². The molecule has 0 saturated carbocycles. The summed E-state index contributed by atoms with van der Waals surface area (Å²) in [4.78, 5) is 0. The van der Waals surface area contributed by atoms with Gasteiger partial charge in [-0.05, 0) is 36.5 Å². The van der Waals surface area contributed by atoms with Gasteiger partial charge in [0.05, 0.1) is 6.10 Å². The van der Waals surface area contributed by atoms with E-state index in [1.54, 1.807) is 6.08 Å². The molecule has 1 N–H and O–H groups in total. The first-order valence-corrected chi connectivity index (χ1v) is 9.07. The molecule has 0 aliphatic rings. The third kappa shape index (κ3) is 13.1. The highest BCUT2D eigenvalue weighted by Crippen LogP contribution is 2.31. The Labute approximate surface area is 134 Å². The van der Waals surface area contributed by atoms with E-state index in [-0.39, 0.29) is 6.10 Å². The van der Waals surface area contributed by atoms with Crippen LogP contribution < -0.4 is 0 Å². The Bertz CT molecular complexity index is 255. The molecule has 21 heavy (non-hydrogen) atoms. The number of aliphatic hydroxyl groups is 1. The molecule has 0 fully saturated rings. The van der Waals surface area contributed by atoms with Crippen LogP contribution in [-0.2, 0) is 0 Å². The minimum Gasteiger partial charge on any atom is -0.389 e. The van der Waals surface area contributed by atoms with Crippen molar-refractivity contribution in [2.75, 3.05) is 0 Å². The molecule has 0 aromatic heterocycles. The fourth-order valence-corrected chi connectivity index (χ4v) is 2.98. The molecule has 0 aliphatic carbocycles.